The summed E-state index contributed by atoms with van der Waals surface area (Å²) in [7, 11) is 0. The molecule has 2 aromatic rings. The zero-order valence-corrected chi connectivity index (χ0v) is 14.6. The first-order valence-electron chi connectivity index (χ1n) is 7.86. The van der Waals surface area contributed by atoms with E-state index in [2.05, 4.69) is 10.6 Å². The molecule has 0 spiro atoms. The van der Waals surface area contributed by atoms with Gasteiger partial charge in [0.2, 0.25) is 11.8 Å². The summed E-state index contributed by atoms with van der Waals surface area (Å²) in [5.41, 5.74) is 2.08. The minimum Gasteiger partial charge on any atom is -0.352 e. The lowest BCUT2D eigenvalue weighted by atomic mass is 10.1. The number of carbonyl (C=O) groups excluding carboxylic acids is 3. The molecule has 130 valence electrons. The lowest BCUT2D eigenvalue weighted by Gasteiger charge is -2.08. The highest BCUT2D eigenvalue weighted by Gasteiger charge is 2.09. The molecule has 6 heteroatoms. The Labute approximate surface area is 151 Å². The number of hydrogen-bond acceptors (Lipinski definition) is 3. The standard InChI is InChI=1S/C19H19ClN2O3/c1-13(23)22-17-4-2-3-14(11-17)12-21-19(25)10-9-18(24)15-5-7-16(20)8-6-15/h2-8,11H,9-10,12H2,1H3,(H,21,25)(H,22,23). The van der Waals surface area contributed by atoms with Crippen molar-refractivity contribution in [2.24, 2.45) is 0 Å². The van der Waals surface area contributed by atoms with E-state index in [9.17, 15) is 14.4 Å². The van der Waals surface area contributed by atoms with Gasteiger partial charge in [0.25, 0.3) is 0 Å². The number of hydrogen-bond donors (Lipinski definition) is 2. The second-order valence-electron chi connectivity index (χ2n) is 5.59. The summed E-state index contributed by atoms with van der Waals surface area (Å²) in [6.07, 6.45) is 0.256. The zero-order chi connectivity index (χ0) is 18.2. The Morgan fingerprint density at radius 1 is 1.00 bits per heavy atom. The highest BCUT2D eigenvalue weighted by atomic mass is 35.5. The molecule has 2 rings (SSSR count). The minimum atomic E-state index is -0.202. The molecule has 0 atom stereocenters. The number of amides is 2. The molecule has 0 aliphatic carbocycles. The third-order valence-electron chi connectivity index (χ3n) is 3.48. The maximum Gasteiger partial charge on any atom is 0.221 e. The highest BCUT2D eigenvalue weighted by Crippen LogP contribution is 2.12. The normalized spacial score (nSPS) is 10.2. The molecule has 0 bridgehead atoms. The van der Waals surface area contributed by atoms with Crippen LogP contribution in [0.25, 0.3) is 0 Å². The average molecular weight is 359 g/mol. The Morgan fingerprint density at radius 2 is 1.72 bits per heavy atom. The van der Waals surface area contributed by atoms with Gasteiger partial charge in [0.15, 0.2) is 5.78 Å². The molecule has 0 aromatic heterocycles. The van der Waals surface area contributed by atoms with E-state index < -0.39 is 0 Å². The molecule has 0 heterocycles. The summed E-state index contributed by atoms with van der Waals surface area (Å²) in [4.78, 5) is 35.0. The lowest BCUT2D eigenvalue weighted by Crippen LogP contribution is -2.23. The maximum atomic E-state index is 12.0. The molecule has 0 unspecified atom stereocenters. The topological polar surface area (TPSA) is 75.3 Å². The number of benzene rings is 2. The average Bonchev–Trinajstić information content (AvgIpc) is 2.58. The van der Waals surface area contributed by atoms with Crippen LogP contribution in [0.15, 0.2) is 48.5 Å². The first-order valence-corrected chi connectivity index (χ1v) is 8.24. The van der Waals surface area contributed by atoms with Crippen LogP contribution >= 0.6 is 11.6 Å². The van der Waals surface area contributed by atoms with E-state index in [4.69, 9.17) is 11.6 Å². The van der Waals surface area contributed by atoms with Gasteiger partial charge in [0, 0.05) is 42.6 Å². The molecule has 2 amide bonds. The summed E-state index contributed by atoms with van der Waals surface area (Å²) in [5.74, 6) is -0.450. The van der Waals surface area contributed by atoms with Crippen LogP contribution in [0.4, 0.5) is 5.69 Å². The van der Waals surface area contributed by atoms with Crippen molar-refractivity contribution in [2.75, 3.05) is 5.32 Å². The maximum absolute atomic E-state index is 12.0. The van der Waals surface area contributed by atoms with Gasteiger partial charge in [-0.2, -0.15) is 0 Å². The summed E-state index contributed by atoms with van der Waals surface area (Å²) >= 11 is 5.78. The van der Waals surface area contributed by atoms with Crippen LogP contribution in [0.3, 0.4) is 0 Å². The van der Waals surface area contributed by atoms with Gasteiger partial charge in [0.1, 0.15) is 0 Å². The molecule has 5 nitrogen and oxygen atoms in total. The van der Waals surface area contributed by atoms with Crippen molar-refractivity contribution in [3.05, 3.63) is 64.7 Å². The van der Waals surface area contributed by atoms with Crippen molar-refractivity contribution >= 4 is 34.9 Å². The number of rotatable bonds is 7. The van der Waals surface area contributed by atoms with Crippen LogP contribution in [-0.2, 0) is 16.1 Å². The van der Waals surface area contributed by atoms with Crippen molar-refractivity contribution in [3.63, 3.8) is 0 Å². The van der Waals surface area contributed by atoms with Crippen LogP contribution in [-0.4, -0.2) is 17.6 Å². The number of nitrogens with one attached hydrogen (secondary N) is 2. The van der Waals surface area contributed by atoms with E-state index >= 15 is 0 Å². The summed E-state index contributed by atoms with van der Waals surface area (Å²) in [6, 6.07) is 13.8. The number of carbonyl (C=O) groups is 3. The van der Waals surface area contributed by atoms with E-state index in [1.165, 1.54) is 6.92 Å². The number of Topliss-reactive ketones (excluding diaryl/α,β-unsaturated/α-hetero) is 1. The Morgan fingerprint density at radius 3 is 2.40 bits per heavy atom. The summed E-state index contributed by atoms with van der Waals surface area (Å²) in [6.45, 7) is 1.77. The minimum absolute atomic E-state index is 0.0977. The van der Waals surface area contributed by atoms with Crippen LogP contribution in [0, 0.1) is 0 Å². The van der Waals surface area contributed by atoms with Crippen molar-refractivity contribution in [2.45, 2.75) is 26.3 Å². The van der Waals surface area contributed by atoms with Gasteiger partial charge in [-0.3, -0.25) is 14.4 Å². The summed E-state index contributed by atoms with van der Waals surface area (Å²) < 4.78 is 0. The predicted molar refractivity (Wildman–Crippen MR) is 97.6 cm³/mol. The monoisotopic (exact) mass is 358 g/mol. The molecule has 0 saturated carbocycles. The summed E-state index contributed by atoms with van der Waals surface area (Å²) in [5, 5.41) is 6.03. The third-order valence-corrected chi connectivity index (χ3v) is 3.73. The van der Waals surface area contributed by atoms with Crippen molar-refractivity contribution < 1.29 is 14.4 Å². The lowest BCUT2D eigenvalue weighted by molar-refractivity contribution is -0.121. The molecule has 2 N–H and O–H groups in total. The van der Waals surface area contributed by atoms with Gasteiger partial charge in [-0.1, -0.05) is 23.7 Å². The molecule has 25 heavy (non-hydrogen) atoms. The van der Waals surface area contributed by atoms with Crippen LogP contribution in [0.2, 0.25) is 5.02 Å². The second-order valence-corrected chi connectivity index (χ2v) is 6.02. The van der Waals surface area contributed by atoms with Crippen molar-refractivity contribution in [1.29, 1.82) is 0 Å². The second kappa shape index (κ2) is 8.99. The highest BCUT2D eigenvalue weighted by molar-refractivity contribution is 6.30. The number of anilines is 1. The molecule has 0 saturated heterocycles. The van der Waals surface area contributed by atoms with Crippen LogP contribution < -0.4 is 10.6 Å². The van der Waals surface area contributed by atoms with Crippen molar-refractivity contribution in [3.8, 4) is 0 Å². The van der Waals surface area contributed by atoms with E-state index in [0.29, 0.717) is 22.8 Å². The van der Waals surface area contributed by atoms with E-state index in [1.54, 1.807) is 42.5 Å². The molecule has 0 aliphatic heterocycles. The van der Waals surface area contributed by atoms with Crippen molar-refractivity contribution in [1.82, 2.24) is 5.32 Å². The van der Waals surface area contributed by atoms with E-state index in [1.807, 2.05) is 6.07 Å². The Bertz CT molecular complexity index is 772. The fraction of sp³-hybridized carbons (Fsp3) is 0.211. The Kier molecular flexibility index (Phi) is 6.71. The fourth-order valence-corrected chi connectivity index (χ4v) is 2.38. The molecule has 0 fully saturated rings. The van der Waals surface area contributed by atoms with E-state index in [0.717, 1.165) is 5.56 Å². The van der Waals surface area contributed by atoms with E-state index in [-0.39, 0.29) is 30.4 Å². The molecular weight excluding hydrogens is 340 g/mol. The Hall–Kier alpha value is -2.66. The third kappa shape index (κ3) is 6.39. The molecule has 2 aromatic carbocycles. The van der Waals surface area contributed by atoms with Gasteiger partial charge in [0.05, 0.1) is 0 Å². The van der Waals surface area contributed by atoms with Gasteiger partial charge in [-0.05, 0) is 42.0 Å². The number of ketones is 1. The number of halogens is 1. The zero-order valence-electron chi connectivity index (χ0n) is 13.8. The van der Waals surface area contributed by atoms with Gasteiger partial charge < -0.3 is 10.6 Å². The largest absolute Gasteiger partial charge is 0.352 e. The Balaban J connectivity index is 1.79. The smallest absolute Gasteiger partial charge is 0.221 e. The van der Waals surface area contributed by atoms with Gasteiger partial charge in [-0.15, -0.1) is 0 Å². The SMILES string of the molecule is CC(=O)Nc1cccc(CNC(=O)CCC(=O)c2ccc(Cl)cc2)c1. The van der Waals surface area contributed by atoms with Gasteiger partial charge in [-0.25, -0.2) is 0 Å². The first kappa shape index (κ1) is 18.7. The quantitative estimate of drug-likeness (QED) is 0.743. The van der Waals surface area contributed by atoms with Gasteiger partial charge >= 0.3 is 0 Å². The van der Waals surface area contributed by atoms with Crippen LogP contribution in [0.1, 0.15) is 35.7 Å². The molecule has 0 radical (unpaired) electrons. The fourth-order valence-electron chi connectivity index (χ4n) is 2.26. The predicted octanol–water partition coefficient (Wildman–Crippen LogP) is 3.58. The first-order chi connectivity index (χ1) is 11.9. The molecular formula is C19H19ClN2O3. The molecule has 0 aliphatic rings. The van der Waals surface area contributed by atoms with Crippen LogP contribution in [0.5, 0.6) is 0 Å².